The zero-order valence-electron chi connectivity index (χ0n) is 18.6. The molecule has 0 aliphatic heterocycles. The number of fused-ring (bicyclic) bond motifs is 1. The molecule has 4 rings (SSSR count). The molecule has 1 heterocycles. The summed E-state index contributed by atoms with van der Waals surface area (Å²) in [7, 11) is 0. The molecule has 0 fully saturated rings. The van der Waals surface area contributed by atoms with Gasteiger partial charge in [-0.2, -0.15) is 0 Å². The molecule has 0 saturated heterocycles. The highest BCUT2D eigenvalue weighted by Gasteiger charge is 2.22. The number of hydrogen-bond donors (Lipinski definition) is 3. The van der Waals surface area contributed by atoms with Gasteiger partial charge in [0.25, 0.3) is 5.91 Å². The van der Waals surface area contributed by atoms with E-state index >= 15 is 0 Å². The van der Waals surface area contributed by atoms with Crippen molar-refractivity contribution in [3.63, 3.8) is 0 Å². The second-order valence-corrected chi connectivity index (χ2v) is 9.60. The van der Waals surface area contributed by atoms with Crippen LogP contribution in [-0.2, 0) is 9.59 Å². The smallest absolute Gasteiger partial charge is 0.321 e. The lowest BCUT2D eigenvalue weighted by Crippen LogP contribution is -2.36. The fourth-order valence-corrected chi connectivity index (χ4v) is 4.24. The van der Waals surface area contributed by atoms with E-state index in [4.69, 9.17) is 23.2 Å². The van der Waals surface area contributed by atoms with Gasteiger partial charge in [0.05, 0.1) is 16.2 Å². The van der Waals surface area contributed by atoms with Crippen LogP contribution >= 0.6 is 39.1 Å². The van der Waals surface area contributed by atoms with Gasteiger partial charge in [-0.15, -0.1) is 0 Å². The van der Waals surface area contributed by atoms with E-state index in [2.05, 4.69) is 32.0 Å². The van der Waals surface area contributed by atoms with E-state index in [0.717, 1.165) is 15.6 Å². The minimum Gasteiger partial charge on any atom is -0.321 e. The second kappa shape index (κ2) is 10.1. The van der Waals surface area contributed by atoms with Gasteiger partial charge in [-0.25, -0.2) is 4.68 Å². The van der Waals surface area contributed by atoms with Crippen molar-refractivity contribution in [2.75, 3.05) is 16.1 Å². The van der Waals surface area contributed by atoms with Crippen molar-refractivity contribution in [1.29, 1.82) is 0 Å². The Morgan fingerprint density at radius 1 is 0.829 bits per heavy atom. The molecule has 1 aromatic heterocycles. The fraction of sp³-hybridized carbons (Fsp3) is 0.0800. The first kappa shape index (κ1) is 24.8. The molecule has 3 aromatic carbocycles. The SMILES string of the molecule is Cc1ccc(NC(=O)c2cc3cc(Br)ccc3n2NC(=O)C(=O)Nc2ccc(Cl)cc2Cl)cc1C. The van der Waals surface area contributed by atoms with Gasteiger partial charge in [-0.3, -0.25) is 19.8 Å². The quantitative estimate of drug-likeness (QED) is 0.251. The largest absolute Gasteiger partial charge is 0.328 e. The molecule has 7 nitrogen and oxygen atoms in total. The van der Waals surface area contributed by atoms with Crippen molar-refractivity contribution in [2.24, 2.45) is 0 Å². The lowest BCUT2D eigenvalue weighted by Gasteiger charge is -2.13. The molecule has 0 bridgehead atoms. The van der Waals surface area contributed by atoms with Crippen molar-refractivity contribution < 1.29 is 14.4 Å². The van der Waals surface area contributed by atoms with Crippen LogP contribution in [0.2, 0.25) is 10.0 Å². The summed E-state index contributed by atoms with van der Waals surface area (Å²) in [5.41, 5.74) is 6.14. The maximum absolute atomic E-state index is 13.2. The summed E-state index contributed by atoms with van der Waals surface area (Å²) < 4.78 is 2.08. The molecule has 3 amide bonds. The van der Waals surface area contributed by atoms with E-state index in [-0.39, 0.29) is 16.4 Å². The molecule has 0 aliphatic rings. The number of amides is 3. The van der Waals surface area contributed by atoms with Crippen molar-refractivity contribution in [3.8, 4) is 0 Å². The minimum atomic E-state index is -0.989. The van der Waals surface area contributed by atoms with E-state index in [1.807, 2.05) is 26.0 Å². The first-order valence-electron chi connectivity index (χ1n) is 10.4. The first-order chi connectivity index (χ1) is 16.6. The van der Waals surface area contributed by atoms with Gasteiger partial charge in [0.1, 0.15) is 5.69 Å². The van der Waals surface area contributed by atoms with E-state index in [9.17, 15) is 14.4 Å². The minimum absolute atomic E-state index is 0.141. The molecule has 35 heavy (non-hydrogen) atoms. The highest BCUT2D eigenvalue weighted by atomic mass is 79.9. The number of nitrogens with zero attached hydrogens (tertiary/aromatic N) is 1. The molecule has 178 valence electrons. The number of halogens is 3. The predicted molar refractivity (Wildman–Crippen MR) is 143 cm³/mol. The third-order valence-electron chi connectivity index (χ3n) is 5.36. The van der Waals surface area contributed by atoms with Gasteiger partial charge in [0.2, 0.25) is 0 Å². The first-order valence-corrected chi connectivity index (χ1v) is 11.9. The van der Waals surface area contributed by atoms with Crippen molar-refractivity contribution in [3.05, 3.63) is 92.0 Å². The monoisotopic (exact) mass is 572 g/mol. The van der Waals surface area contributed by atoms with E-state index in [1.54, 1.807) is 30.3 Å². The van der Waals surface area contributed by atoms with Crippen LogP contribution in [-0.4, -0.2) is 22.4 Å². The summed E-state index contributed by atoms with van der Waals surface area (Å²) in [6.07, 6.45) is 0. The van der Waals surface area contributed by atoms with E-state index in [1.165, 1.54) is 22.9 Å². The maximum Gasteiger partial charge on any atom is 0.328 e. The summed E-state index contributed by atoms with van der Waals surface area (Å²) in [5.74, 6) is -2.41. The average molecular weight is 574 g/mol. The number of aryl methyl sites for hydroxylation is 2. The Morgan fingerprint density at radius 2 is 1.60 bits per heavy atom. The van der Waals surface area contributed by atoms with Crippen molar-refractivity contribution >= 4 is 79.1 Å². The van der Waals surface area contributed by atoms with Gasteiger partial charge in [0, 0.05) is 20.6 Å². The normalized spacial score (nSPS) is 10.8. The molecule has 3 N–H and O–H groups in total. The Morgan fingerprint density at radius 3 is 2.31 bits per heavy atom. The molecule has 4 aromatic rings. The summed E-state index contributed by atoms with van der Waals surface area (Å²) >= 11 is 15.4. The van der Waals surface area contributed by atoms with Crippen LogP contribution in [0.25, 0.3) is 10.9 Å². The van der Waals surface area contributed by atoms with E-state index in [0.29, 0.717) is 21.6 Å². The van der Waals surface area contributed by atoms with Crippen LogP contribution in [0.5, 0.6) is 0 Å². The number of carbonyl (C=O) groups is 3. The fourth-order valence-electron chi connectivity index (χ4n) is 3.41. The molecule has 0 atom stereocenters. The van der Waals surface area contributed by atoms with Crippen LogP contribution in [0.4, 0.5) is 11.4 Å². The van der Waals surface area contributed by atoms with Gasteiger partial charge >= 0.3 is 11.8 Å². The van der Waals surface area contributed by atoms with Gasteiger partial charge in [0.15, 0.2) is 0 Å². The Bertz CT molecular complexity index is 1500. The van der Waals surface area contributed by atoms with Crippen LogP contribution < -0.4 is 16.1 Å². The van der Waals surface area contributed by atoms with Crippen LogP contribution in [0, 0.1) is 13.8 Å². The second-order valence-electron chi connectivity index (χ2n) is 7.84. The van der Waals surface area contributed by atoms with Gasteiger partial charge < -0.3 is 10.6 Å². The predicted octanol–water partition coefficient (Wildman–Crippen LogP) is 6.29. The van der Waals surface area contributed by atoms with Crippen LogP contribution in [0.15, 0.2) is 65.1 Å². The average Bonchev–Trinajstić information content (AvgIpc) is 3.15. The highest BCUT2D eigenvalue weighted by Crippen LogP contribution is 2.26. The molecule has 10 heteroatoms. The standard InChI is InChI=1S/C25H19BrCl2N4O3/c1-13-3-6-18(9-14(13)2)29-23(33)22-11-15-10-16(26)4-8-21(15)32(22)31-25(35)24(34)30-20-7-5-17(27)12-19(20)28/h3-12H,1-2H3,(H,29,33)(H,30,34)(H,31,35). The zero-order valence-corrected chi connectivity index (χ0v) is 21.7. The number of benzene rings is 3. The van der Waals surface area contributed by atoms with E-state index < -0.39 is 17.7 Å². The highest BCUT2D eigenvalue weighted by molar-refractivity contribution is 9.10. The van der Waals surface area contributed by atoms with Crippen molar-refractivity contribution in [2.45, 2.75) is 13.8 Å². The Kier molecular flexibility index (Phi) is 7.16. The third-order valence-corrected chi connectivity index (χ3v) is 6.40. The molecule has 0 aliphatic carbocycles. The van der Waals surface area contributed by atoms with Crippen LogP contribution in [0.1, 0.15) is 21.6 Å². The number of rotatable bonds is 4. The molecule has 0 saturated carbocycles. The Hall–Kier alpha value is -3.33. The third kappa shape index (κ3) is 5.51. The summed E-state index contributed by atoms with van der Waals surface area (Å²) in [5, 5.41) is 6.55. The van der Waals surface area contributed by atoms with Gasteiger partial charge in [-0.05, 0) is 79.6 Å². The summed E-state index contributed by atoms with van der Waals surface area (Å²) in [6, 6.07) is 17.0. The number of carbonyl (C=O) groups excluding carboxylic acids is 3. The maximum atomic E-state index is 13.2. The summed E-state index contributed by atoms with van der Waals surface area (Å²) in [6.45, 7) is 3.93. The number of hydrogen-bond acceptors (Lipinski definition) is 3. The lowest BCUT2D eigenvalue weighted by atomic mass is 10.1. The number of anilines is 2. The number of nitrogens with one attached hydrogen (secondary N) is 3. The Balaban J connectivity index is 1.63. The Labute approximate surface area is 219 Å². The van der Waals surface area contributed by atoms with Crippen molar-refractivity contribution in [1.82, 2.24) is 4.68 Å². The number of aromatic nitrogens is 1. The topological polar surface area (TPSA) is 92.2 Å². The summed E-state index contributed by atoms with van der Waals surface area (Å²) in [4.78, 5) is 38.5. The molecule has 0 unspecified atom stereocenters. The molecule has 0 spiro atoms. The lowest BCUT2D eigenvalue weighted by molar-refractivity contribution is -0.133. The molecule has 0 radical (unpaired) electrons. The molecular formula is C25H19BrCl2N4O3. The zero-order chi connectivity index (χ0) is 25.3. The van der Waals surface area contributed by atoms with Crippen LogP contribution in [0.3, 0.4) is 0 Å². The molecular weight excluding hydrogens is 555 g/mol. The van der Waals surface area contributed by atoms with Gasteiger partial charge in [-0.1, -0.05) is 45.2 Å².